The molecule has 0 spiro atoms. The third-order valence-corrected chi connectivity index (χ3v) is 5.12. The Morgan fingerprint density at radius 1 is 1.55 bits per heavy atom. The molecule has 1 amide bonds. The number of hydrogen-bond donors (Lipinski definition) is 1. The maximum atomic E-state index is 12.3. The Labute approximate surface area is 133 Å². The van der Waals surface area contributed by atoms with Gasteiger partial charge in [-0.3, -0.25) is 4.79 Å². The Hall–Kier alpha value is -1.66. The van der Waals surface area contributed by atoms with Gasteiger partial charge in [0, 0.05) is 24.0 Å². The summed E-state index contributed by atoms with van der Waals surface area (Å²) < 4.78 is 5.10. The van der Waals surface area contributed by atoms with Crippen LogP contribution in [0, 0.1) is 12.8 Å². The molecule has 22 heavy (non-hydrogen) atoms. The molecule has 0 saturated carbocycles. The fourth-order valence-corrected chi connectivity index (χ4v) is 3.72. The lowest BCUT2D eigenvalue weighted by atomic mass is 9.90. The molecule has 6 heteroatoms. The molecule has 2 aromatic rings. The molecule has 3 rings (SSSR count). The number of hydrogen-bond acceptors (Lipinski definition) is 5. The maximum Gasteiger partial charge on any atom is 0.230 e. The SMILES string of the molecule is Cc1cc(CC(=O)N2CCC([C@H](O)c3cccs3)CC2)on1. The van der Waals surface area contributed by atoms with Gasteiger partial charge in [0.05, 0.1) is 18.2 Å². The average Bonchev–Trinajstić information content (AvgIpc) is 3.18. The predicted molar refractivity (Wildman–Crippen MR) is 83.5 cm³/mol. The van der Waals surface area contributed by atoms with Crippen molar-refractivity contribution in [3.63, 3.8) is 0 Å². The molecule has 1 aliphatic heterocycles. The molecule has 0 aromatic carbocycles. The van der Waals surface area contributed by atoms with Crippen LogP contribution >= 0.6 is 11.3 Å². The van der Waals surface area contributed by atoms with Gasteiger partial charge in [-0.25, -0.2) is 0 Å². The van der Waals surface area contributed by atoms with Gasteiger partial charge in [-0.15, -0.1) is 11.3 Å². The van der Waals surface area contributed by atoms with Crippen LogP contribution in [0.3, 0.4) is 0 Å². The van der Waals surface area contributed by atoms with Crippen molar-refractivity contribution in [3.05, 3.63) is 39.9 Å². The first-order chi connectivity index (χ1) is 10.6. The Morgan fingerprint density at radius 3 is 2.91 bits per heavy atom. The van der Waals surface area contributed by atoms with Crippen LogP contribution in [0.1, 0.15) is 35.3 Å². The predicted octanol–water partition coefficient (Wildman–Crippen LogP) is 2.56. The number of amides is 1. The molecule has 1 aliphatic rings. The van der Waals surface area contributed by atoms with Crippen LogP contribution in [-0.4, -0.2) is 34.2 Å². The van der Waals surface area contributed by atoms with Gasteiger partial charge in [-0.05, 0) is 37.1 Å². The molecule has 0 aliphatic carbocycles. The minimum absolute atomic E-state index is 0.0696. The zero-order valence-electron chi connectivity index (χ0n) is 12.6. The highest BCUT2D eigenvalue weighted by Crippen LogP contribution is 2.33. The van der Waals surface area contributed by atoms with Gasteiger partial charge in [0.1, 0.15) is 5.76 Å². The quantitative estimate of drug-likeness (QED) is 0.940. The van der Waals surface area contributed by atoms with Crippen LogP contribution in [0.2, 0.25) is 0 Å². The number of thiophene rings is 1. The third-order valence-electron chi connectivity index (χ3n) is 4.18. The minimum atomic E-state index is -0.408. The summed E-state index contributed by atoms with van der Waals surface area (Å²) in [4.78, 5) is 15.1. The van der Waals surface area contributed by atoms with E-state index in [0.29, 0.717) is 18.8 Å². The summed E-state index contributed by atoms with van der Waals surface area (Å²) in [6.45, 7) is 3.23. The van der Waals surface area contributed by atoms with E-state index in [2.05, 4.69) is 5.16 Å². The van der Waals surface area contributed by atoms with E-state index in [-0.39, 0.29) is 18.2 Å². The lowest BCUT2D eigenvalue weighted by Gasteiger charge is -2.33. The Balaban J connectivity index is 1.52. The average molecular weight is 320 g/mol. The van der Waals surface area contributed by atoms with Crippen molar-refractivity contribution in [1.82, 2.24) is 10.1 Å². The Kier molecular flexibility index (Phi) is 4.59. The van der Waals surface area contributed by atoms with E-state index in [1.165, 1.54) is 0 Å². The standard InChI is InChI=1S/C16H20N2O3S/c1-11-9-13(21-17-11)10-15(19)18-6-4-12(5-7-18)16(20)14-3-2-8-22-14/h2-3,8-9,12,16,20H,4-7,10H2,1H3/t16-/m0/s1. The van der Waals surface area contributed by atoms with Crippen LogP contribution in [-0.2, 0) is 11.2 Å². The van der Waals surface area contributed by atoms with Crippen LogP contribution in [0.5, 0.6) is 0 Å². The number of likely N-dealkylation sites (tertiary alicyclic amines) is 1. The maximum absolute atomic E-state index is 12.3. The molecule has 118 valence electrons. The molecule has 1 N–H and O–H groups in total. The van der Waals surface area contributed by atoms with Gasteiger partial charge < -0.3 is 14.5 Å². The zero-order chi connectivity index (χ0) is 15.5. The largest absolute Gasteiger partial charge is 0.387 e. The molecule has 3 heterocycles. The van der Waals surface area contributed by atoms with Crippen LogP contribution in [0.4, 0.5) is 0 Å². The number of carbonyl (C=O) groups excluding carboxylic acids is 1. The van der Waals surface area contributed by atoms with Gasteiger partial charge in [0.25, 0.3) is 0 Å². The number of aliphatic hydroxyl groups excluding tert-OH is 1. The lowest BCUT2D eigenvalue weighted by Crippen LogP contribution is -2.40. The second-order valence-corrected chi connectivity index (χ2v) is 6.77. The summed E-state index contributed by atoms with van der Waals surface area (Å²) in [5.41, 5.74) is 0.792. The summed E-state index contributed by atoms with van der Waals surface area (Å²) in [6.07, 6.45) is 1.52. The van der Waals surface area contributed by atoms with E-state index in [1.807, 2.05) is 29.3 Å². The Morgan fingerprint density at radius 2 is 2.32 bits per heavy atom. The highest BCUT2D eigenvalue weighted by atomic mass is 32.1. The Bertz CT molecular complexity index is 615. The number of rotatable bonds is 4. The molecule has 0 unspecified atom stereocenters. The van der Waals surface area contributed by atoms with E-state index in [1.54, 1.807) is 17.4 Å². The summed E-state index contributed by atoms with van der Waals surface area (Å²) in [7, 11) is 0. The van der Waals surface area contributed by atoms with Crippen molar-refractivity contribution < 1.29 is 14.4 Å². The summed E-state index contributed by atoms with van der Waals surface area (Å²) >= 11 is 1.59. The number of aliphatic hydroxyl groups is 1. The van der Waals surface area contributed by atoms with Gasteiger partial charge in [0.2, 0.25) is 5.91 Å². The fourth-order valence-electron chi connectivity index (χ4n) is 2.92. The number of aromatic nitrogens is 1. The van der Waals surface area contributed by atoms with Crippen molar-refractivity contribution in [2.24, 2.45) is 5.92 Å². The molecule has 5 nitrogen and oxygen atoms in total. The normalized spacial score (nSPS) is 17.6. The second kappa shape index (κ2) is 6.62. The summed E-state index contributed by atoms with van der Waals surface area (Å²) in [6, 6.07) is 5.73. The van der Waals surface area contributed by atoms with Gasteiger partial charge >= 0.3 is 0 Å². The van der Waals surface area contributed by atoms with Crippen molar-refractivity contribution in [3.8, 4) is 0 Å². The van der Waals surface area contributed by atoms with E-state index in [9.17, 15) is 9.90 Å². The molecule has 0 bridgehead atoms. The molecule has 1 atom stereocenters. The van der Waals surface area contributed by atoms with Crippen molar-refractivity contribution in [1.29, 1.82) is 0 Å². The first-order valence-corrected chi connectivity index (χ1v) is 8.43. The van der Waals surface area contributed by atoms with Crippen molar-refractivity contribution in [2.45, 2.75) is 32.3 Å². The molecule has 2 aromatic heterocycles. The van der Waals surface area contributed by atoms with Crippen molar-refractivity contribution in [2.75, 3.05) is 13.1 Å². The highest BCUT2D eigenvalue weighted by Gasteiger charge is 2.29. The van der Waals surface area contributed by atoms with Crippen LogP contribution in [0.25, 0.3) is 0 Å². The van der Waals surface area contributed by atoms with E-state index < -0.39 is 6.10 Å². The molecular weight excluding hydrogens is 300 g/mol. The first-order valence-electron chi connectivity index (χ1n) is 7.55. The third kappa shape index (κ3) is 3.39. The monoisotopic (exact) mass is 320 g/mol. The number of nitrogens with zero attached hydrogens (tertiary/aromatic N) is 2. The second-order valence-electron chi connectivity index (χ2n) is 5.79. The summed E-state index contributed by atoms with van der Waals surface area (Å²) in [5.74, 6) is 0.915. The van der Waals surface area contributed by atoms with E-state index in [0.717, 1.165) is 23.4 Å². The van der Waals surface area contributed by atoms with E-state index in [4.69, 9.17) is 4.52 Å². The highest BCUT2D eigenvalue weighted by molar-refractivity contribution is 7.10. The minimum Gasteiger partial charge on any atom is -0.387 e. The lowest BCUT2D eigenvalue weighted by molar-refractivity contribution is -0.132. The molecular formula is C16H20N2O3S. The van der Waals surface area contributed by atoms with Crippen LogP contribution < -0.4 is 0 Å². The number of aryl methyl sites for hydroxylation is 1. The van der Waals surface area contributed by atoms with Gasteiger partial charge in [-0.1, -0.05) is 11.2 Å². The van der Waals surface area contributed by atoms with Gasteiger partial charge in [-0.2, -0.15) is 0 Å². The van der Waals surface area contributed by atoms with Crippen molar-refractivity contribution >= 4 is 17.2 Å². The smallest absolute Gasteiger partial charge is 0.230 e. The molecule has 0 radical (unpaired) electrons. The molecule has 1 saturated heterocycles. The fraction of sp³-hybridized carbons (Fsp3) is 0.500. The van der Waals surface area contributed by atoms with E-state index >= 15 is 0 Å². The molecule has 1 fully saturated rings. The van der Waals surface area contributed by atoms with Gasteiger partial charge in [0.15, 0.2) is 0 Å². The topological polar surface area (TPSA) is 66.6 Å². The number of piperidine rings is 1. The summed E-state index contributed by atoms with van der Waals surface area (Å²) in [5, 5.41) is 16.2. The first kappa shape index (κ1) is 15.2. The number of carbonyl (C=O) groups is 1. The zero-order valence-corrected chi connectivity index (χ0v) is 13.4. The van der Waals surface area contributed by atoms with Crippen LogP contribution in [0.15, 0.2) is 28.1 Å².